The van der Waals surface area contributed by atoms with Gasteiger partial charge in [-0.15, -0.1) is 6.42 Å². The standard InChI is InChI=1S/C13H17NO/c1-3-9-14(10-12(2)15)11-13-7-5-4-6-8-13/h1,4-8,12,15H,9-11H2,2H3. The highest BCUT2D eigenvalue weighted by Gasteiger charge is 2.07. The zero-order chi connectivity index (χ0) is 11.1. The maximum absolute atomic E-state index is 9.32. The number of hydrogen-bond donors (Lipinski definition) is 1. The summed E-state index contributed by atoms with van der Waals surface area (Å²) >= 11 is 0. The molecule has 15 heavy (non-hydrogen) atoms. The van der Waals surface area contributed by atoms with Crippen LogP contribution in [0.3, 0.4) is 0 Å². The summed E-state index contributed by atoms with van der Waals surface area (Å²) in [5.41, 5.74) is 1.22. The number of benzene rings is 1. The molecule has 80 valence electrons. The van der Waals surface area contributed by atoms with Crippen LogP contribution in [0, 0.1) is 12.3 Å². The van der Waals surface area contributed by atoms with Crippen molar-refractivity contribution in [3.05, 3.63) is 35.9 Å². The van der Waals surface area contributed by atoms with E-state index in [9.17, 15) is 5.11 Å². The summed E-state index contributed by atoms with van der Waals surface area (Å²) in [6.07, 6.45) is 4.94. The SMILES string of the molecule is C#CCN(Cc1ccccc1)CC(C)O. The fourth-order valence-corrected chi connectivity index (χ4v) is 1.53. The third-order valence-corrected chi connectivity index (χ3v) is 2.09. The van der Waals surface area contributed by atoms with E-state index in [1.807, 2.05) is 18.2 Å². The molecule has 0 bridgehead atoms. The van der Waals surface area contributed by atoms with Crippen molar-refractivity contribution < 1.29 is 5.11 Å². The first-order chi connectivity index (χ1) is 7.22. The molecule has 1 rings (SSSR count). The minimum absolute atomic E-state index is 0.345. The Bertz CT molecular complexity index is 313. The van der Waals surface area contributed by atoms with Crippen LogP contribution in [-0.2, 0) is 6.54 Å². The lowest BCUT2D eigenvalue weighted by Crippen LogP contribution is -2.30. The number of hydrogen-bond acceptors (Lipinski definition) is 2. The molecule has 0 aliphatic heterocycles. The molecule has 0 fully saturated rings. The van der Waals surface area contributed by atoms with Crippen LogP contribution in [0.2, 0.25) is 0 Å². The molecule has 1 atom stereocenters. The lowest BCUT2D eigenvalue weighted by molar-refractivity contribution is 0.131. The van der Waals surface area contributed by atoms with Crippen LogP contribution in [0.5, 0.6) is 0 Å². The highest BCUT2D eigenvalue weighted by Crippen LogP contribution is 2.04. The van der Waals surface area contributed by atoms with Crippen molar-refractivity contribution in [3.8, 4) is 12.3 Å². The fourth-order valence-electron chi connectivity index (χ4n) is 1.53. The predicted octanol–water partition coefficient (Wildman–Crippen LogP) is 1.50. The second-order valence-electron chi connectivity index (χ2n) is 3.71. The van der Waals surface area contributed by atoms with Crippen molar-refractivity contribution in [1.29, 1.82) is 0 Å². The molecule has 0 saturated heterocycles. The minimum Gasteiger partial charge on any atom is -0.392 e. The predicted molar refractivity (Wildman–Crippen MR) is 62.2 cm³/mol. The molecular weight excluding hydrogens is 186 g/mol. The van der Waals surface area contributed by atoms with Gasteiger partial charge in [-0.05, 0) is 12.5 Å². The minimum atomic E-state index is -0.345. The maximum atomic E-state index is 9.32. The summed E-state index contributed by atoms with van der Waals surface area (Å²) in [4.78, 5) is 2.06. The first kappa shape index (κ1) is 11.8. The molecule has 2 heteroatoms. The molecule has 0 amide bonds. The highest BCUT2D eigenvalue weighted by molar-refractivity contribution is 5.14. The summed E-state index contributed by atoms with van der Waals surface area (Å²) in [7, 11) is 0. The van der Waals surface area contributed by atoms with Crippen molar-refractivity contribution >= 4 is 0 Å². The molecule has 0 aliphatic carbocycles. The summed E-state index contributed by atoms with van der Waals surface area (Å²) in [6, 6.07) is 10.1. The van der Waals surface area contributed by atoms with E-state index in [2.05, 4.69) is 23.0 Å². The van der Waals surface area contributed by atoms with E-state index in [-0.39, 0.29) is 6.10 Å². The molecule has 0 radical (unpaired) electrons. The van der Waals surface area contributed by atoms with Gasteiger partial charge in [0, 0.05) is 13.1 Å². The summed E-state index contributed by atoms with van der Waals surface area (Å²) < 4.78 is 0. The quantitative estimate of drug-likeness (QED) is 0.733. The largest absolute Gasteiger partial charge is 0.392 e. The molecule has 1 aromatic carbocycles. The van der Waals surface area contributed by atoms with Gasteiger partial charge in [-0.2, -0.15) is 0 Å². The lowest BCUT2D eigenvalue weighted by Gasteiger charge is -2.21. The average Bonchev–Trinajstić information content (AvgIpc) is 2.18. The number of aliphatic hydroxyl groups is 1. The monoisotopic (exact) mass is 203 g/mol. The summed E-state index contributed by atoms with van der Waals surface area (Å²) in [6.45, 7) is 3.74. The highest BCUT2D eigenvalue weighted by atomic mass is 16.3. The van der Waals surface area contributed by atoms with E-state index in [1.165, 1.54) is 5.56 Å². The van der Waals surface area contributed by atoms with Crippen LogP contribution < -0.4 is 0 Å². The molecular formula is C13H17NO. The zero-order valence-electron chi connectivity index (χ0n) is 9.06. The average molecular weight is 203 g/mol. The van der Waals surface area contributed by atoms with Gasteiger partial charge in [0.05, 0.1) is 12.6 Å². The van der Waals surface area contributed by atoms with Crippen LogP contribution in [-0.4, -0.2) is 29.2 Å². The maximum Gasteiger partial charge on any atom is 0.0639 e. The Balaban J connectivity index is 2.55. The normalized spacial score (nSPS) is 12.4. The number of nitrogens with zero attached hydrogens (tertiary/aromatic N) is 1. The Hall–Kier alpha value is -1.30. The summed E-state index contributed by atoms with van der Waals surface area (Å²) in [5.74, 6) is 2.61. The molecule has 2 nitrogen and oxygen atoms in total. The van der Waals surface area contributed by atoms with Gasteiger partial charge in [-0.3, -0.25) is 4.90 Å². The van der Waals surface area contributed by atoms with E-state index in [0.717, 1.165) is 6.54 Å². The first-order valence-corrected chi connectivity index (χ1v) is 5.10. The van der Waals surface area contributed by atoms with Gasteiger partial charge < -0.3 is 5.11 Å². The molecule has 1 N–H and O–H groups in total. The Morgan fingerprint density at radius 1 is 1.40 bits per heavy atom. The van der Waals surface area contributed by atoms with Crippen LogP contribution in [0.25, 0.3) is 0 Å². The Morgan fingerprint density at radius 2 is 2.07 bits per heavy atom. The zero-order valence-corrected chi connectivity index (χ0v) is 9.06. The van der Waals surface area contributed by atoms with Crippen molar-refractivity contribution in [2.24, 2.45) is 0 Å². The van der Waals surface area contributed by atoms with Gasteiger partial charge in [0.25, 0.3) is 0 Å². The molecule has 0 heterocycles. The van der Waals surface area contributed by atoms with Crippen LogP contribution in [0.1, 0.15) is 12.5 Å². The third kappa shape index (κ3) is 4.64. The lowest BCUT2D eigenvalue weighted by atomic mass is 10.2. The van der Waals surface area contributed by atoms with Gasteiger partial charge in [0.1, 0.15) is 0 Å². The number of rotatable bonds is 5. The fraction of sp³-hybridized carbons (Fsp3) is 0.385. The first-order valence-electron chi connectivity index (χ1n) is 5.10. The van der Waals surface area contributed by atoms with Crippen LogP contribution in [0.15, 0.2) is 30.3 Å². The van der Waals surface area contributed by atoms with Gasteiger partial charge in [0.15, 0.2) is 0 Å². The second-order valence-corrected chi connectivity index (χ2v) is 3.71. The van der Waals surface area contributed by atoms with E-state index in [4.69, 9.17) is 6.42 Å². The smallest absolute Gasteiger partial charge is 0.0639 e. The topological polar surface area (TPSA) is 23.5 Å². The summed E-state index contributed by atoms with van der Waals surface area (Å²) in [5, 5.41) is 9.32. The second kappa shape index (κ2) is 6.23. The molecule has 0 saturated carbocycles. The molecule has 0 spiro atoms. The number of aliphatic hydroxyl groups excluding tert-OH is 1. The van der Waals surface area contributed by atoms with Crippen molar-refractivity contribution in [2.75, 3.05) is 13.1 Å². The Kier molecular flexibility index (Phi) is 4.89. The van der Waals surface area contributed by atoms with Gasteiger partial charge in [-0.1, -0.05) is 36.3 Å². The van der Waals surface area contributed by atoms with Gasteiger partial charge in [-0.25, -0.2) is 0 Å². The van der Waals surface area contributed by atoms with Crippen LogP contribution in [0.4, 0.5) is 0 Å². The van der Waals surface area contributed by atoms with Crippen molar-refractivity contribution in [2.45, 2.75) is 19.6 Å². The van der Waals surface area contributed by atoms with Crippen LogP contribution >= 0.6 is 0 Å². The third-order valence-electron chi connectivity index (χ3n) is 2.09. The molecule has 1 unspecified atom stereocenters. The molecule has 0 aromatic heterocycles. The Morgan fingerprint density at radius 3 is 2.60 bits per heavy atom. The van der Waals surface area contributed by atoms with E-state index >= 15 is 0 Å². The van der Waals surface area contributed by atoms with E-state index in [1.54, 1.807) is 6.92 Å². The Labute approximate surface area is 91.5 Å². The van der Waals surface area contributed by atoms with E-state index < -0.39 is 0 Å². The van der Waals surface area contributed by atoms with Gasteiger partial charge >= 0.3 is 0 Å². The van der Waals surface area contributed by atoms with Crippen molar-refractivity contribution in [3.63, 3.8) is 0 Å². The number of terminal acetylenes is 1. The molecule has 1 aromatic rings. The van der Waals surface area contributed by atoms with Gasteiger partial charge in [0.2, 0.25) is 0 Å². The van der Waals surface area contributed by atoms with E-state index in [0.29, 0.717) is 13.1 Å². The molecule has 0 aliphatic rings. The van der Waals surface area contributed by atoms with Crippen molar-refractivity contribution in [1.82, 2.24) is 4.90 Å².